The number of nitrogens with zero attached hydrogens (tertiary/aromatic N) is 7. The van der Waals surface area contributed by atoms with E-state index < -0.39 is 17.8 Å². The van der Waals surface area contributed by atoms with E-state index >= 15 is 0 Å². The molecule has 1 atom stereocenters. The van der Waals surface area contributed by atoms with Gasteiger partial charge in [0.15, 0.2) is 5.83 Å². The van der Waals surface area contributed by atoms with Gasteiger partial charge in [-0.15, -0.1) is 0 Å². The molecule has 3 heterocycles. The van der Waals surface area contributed by atoms with Crippen LogP contribution in [0.4, 0.5) is 15.9 Å². The van der Waals surface area contributed by atoms with Crippen LogP contribution >= 0.6 is 11.6 Å². The van der Waals surface area contributed by atoms with Gasteiger partial charge in [-0.1, -0.05) is 48.9 Å². The van der Waals surface area contributed by atoms with Crippen molar-refractivity contribution in [3.8, 4) is 6.01 Å². The Labute approximate surface area is 269 Å². The first kappa shape index (κ1) is 31.1. The number of likely N-dealkylation sites (N-methyl/N-ethyl adjacent to an activating group) is 1. The number of amides is 1. The van der Waals surface area contributed by atoms with E-state index in [4.69, 9.17) is 32.9 Å². The lowest BCUT2D eigenvalue weighted by Gasteiger charge is -2.41. The standard InChI is InChI=1S/C34H39ClFN7O2/c1-23(36)33(44)43-16-15-42(21-26(43)19-37-2)32-27-13-14-41(30-12-6-10-25-9-5-11-28(35)31(25)30)22-29(27)38-34(39-32)45-18-17-40(3)20-24-7-4-8-24/h5-6,9-12,24,26H,1,4,7-8,13-22H2,3H3/t26-/m0/s1. The maximum Gasteiger partial charge on any atom is 0.318 e. The Morgan fingerprint density at radius 2 is 1.98 bits per heavy atom. The van der Waals surface area contributed by atoms with Gasteiger partial charge in [-0.3, -0.25) is 4.79 Å². The molecule has 6 rings (SSSR count). The van der Waals surface area contributed by atoms with Crippen LogP contribution in [0, 0.1) is 12.5 Å². The quantitative estimate of drug-likeness (QED) is 0.220. The molecule has 1 aliphatic carbocycles. The Morgan fingerprint density at radius 1 is 1.18 bits per heavy atom. The molecule has 0 unspecified atom stereocenters. The molecule has 1 saturated carbocycles. The normalized spacial score (nSPS) is 18.5. The molecule has 236 valence electrons. The zero-order valence-electron chi connectivity index (χ0n) is 25.7. The number of anilines is 2. The van der Waals surface area contributed by atoms with Crippen LogP contribution in [0.3, 0.4) is 0 Å². The second-order valence-electron chi connectivity index (χ2n) is 12.3. The summed E-state index contributed by atoms with van der Waals surface area (Å²) in [7, 11) is 2.12. The lowest BCUT2D eigenvalue weighted by Crippen LogP contribution is -2.57. The zero-order chi connectivity index (χ0) is 31.5. The number of hydrogen-bond acceptors (Lipinski definition) is 7. The van der Waals surface area contributed by atoms with Crippen molar-refractivity contribution in [2.75, 3.05) is 69.3 Å². The van der Waals surface area contributed by atoms with Crippen LogP contribution in [-0.4, -0.2) is 91.2 Å². The van der Waals surface area contributed by atoms with E-state index in [2.05, 4.69) is 51.4 Å². The maximum atomic E-state index is 13.8. The minimum Gasteiger partial charge on any atom is -0.462 e. The van der Waals surface area contributed by atoms with Crippen molar-refractivity contribution in [1.29, 1.82) is 0 Å². The third-order valence-corrected chi connectivity index (χ3v) is 9.59. The number of rotatable bonds is 10. The molecule has 1 aromatic heterocycles. The third kappa shape index (κ3) is 6.70. The maximum absolute atomic E-state index is 13.8. The fourth-order valence-electron chi connectivity index (χ4n) is 6.69. The Balaban J connectivity index is 1.28. The van der Waals surface area contributed by atoms with Crippen LogP contribution in [-0.2, 0) is 17.8 Å². The first-order valence-corrected chi connectivity index (χ1v) is 16.1. The Kier molecular flexibility index (Phi) is 9.38. The van der Waals surface area contributed by atoms with Crippen LogP contribution in [0.2, 0.25) is 5.02 Å². The molecule has 3 aromatic rings. The van der Waals surface area contributed by atoms with E-state index in [1.807, 2.05) is 18.2 Å². The molecule has 3 aliphatic rings. The molecule has 45 heavy (non-hydrogen) atoms. The Hall–Kier alpha value is -3.94. The molecular weight excluding hydrogens is 593 g/mol. The highest BCUT2D eigenvalue weighted by atomic mass is 35.5. The molecule has 0 radical (unpaired) electrons. The fourth-order valence-corrected chi connectivity index (χ4v) is 6.97. The van der Waals surface area contributed by atoms with E-state index in [0.717, 1.165) is 59.1 Å². The lowest BCUT2D eigenvalue weighted by atomic mass is 9.85. The summed E-state index contributed by atoms with van der Waals surface area (Å²) >= 11 is 6.69. The number of carbonyl (C=O) groups excluding carboxylic acids is 1. The highest BCUT2D eigenvalue weighted by molar-refractivity contribution is 6.36. The number of piperazine rings is 1. The van der Waals surface area contributed by atoms with Crippen LogP contribution in [0.25, 0.3) is 15.6 Å². The van der Waals surface area contributed by atoms with Crippen LogP contribution < -0.4 is 14.5 Å². The summed E-state index contributed by atoms with van der Waals surface area (Å²) in [6, 6.07) is 12.0. The van der Waals surface area contributed by atoms with Gasteiger partial charge in [-0.25, -0.2) is 11.0 Å². The van der Waals surface area contributed by atoms with Gasteiger partial charge >= 0.3 is 6.01 Å². The molecule has 9 nitrogen and oxygen atoms in total. The average molecular weight is 632 g/mol. The molecule has 2 fully saturated rings. The van der Waals surface area contributed by atoms with E-state index in [9.17, 15) is 9.18 Å². The van der Waals surface area contributed by atoms with Gasteiger partial charge in [0.05, 0.1) is 17.3 Å². The van der Waals surface area contributed by atoms with Crippen molar-refractivity contribution in [3.63, 3.8) is 0 Å². The highest BCUT2D eigenvalue weighted by Crippen LogP contribution is 2.37. The van der Waals surface area contributed by atoms with Crippen molar-refractivity contribution in [2.24, 2.45) is 5.92 Å². The summed E-state index contributed by atoms with van der Waals surface area (Å²) < 4.78 is 20.0. The summed E-state index contributed by atoms with van der Waals surface area (Å²) in [5, 5.41) is 2.81. The predicted molar refractivity (Wildman–Crippen MR) is 176 cm³/mol. The summed E-state index contributed by atoms with van der Waals surface area (Å²) in [6.45, 7) is 15.4. The van der Waals surface area contributed by atoms with Gasteiger partial charge in [-0.05, 0) is 49.7 Å². The fraction of sp³-hybridized carbons (Fsp3) is 0.471. The van der Waals surface area contributed by atoms with Gasteiger partial charge in [0.2, 0.25) is 6.54 Å². The molecule has 11 heteroatoms. The van der Waals surface area contributed by atoms with Gasteiger partial charge in [0.25, 0.3) is 5.91 Å². The second-order valence-corrected chi connectivity index (χ2v) is 12.7. The summed E-state index contributed by atoms with van der Waals surface area (Å²) in [5.74, 6) is -0.231. The van der Waals surface area contributed by atoms with Crippen molar-refractivity contribution < 1.29 is 13.9 Å². The van der Waals surface area contributed by atoms with E-state index in [1.165, 1.54) is 24.2 Å². The Morgan fingerprint density at radius 3 is 2.71 bits per heavy atom. The second kappa shape index (κ2) is 13.6. The van der Waals surface area contributed by atoms with E-state index in [0.29, 0.717) is 43.7 Å². The van der Waals surface area contributed by atoms with Crippen molar-refractivity contribution >= 4 is 39.8 Å². The molecule has 2 aliphatic heterocycles. The van der Waals surface area contributed by atoms with E-state index in [1.54, 1.807) is 0 Å². The van der Waals surface area contributed by atoms with Crippen molar-refractivity contribution in [1.82, 2.24) is 19.8 Å². The lowest BCUT2D eigenvalue weighted by molar-refractivity contribution is -0.131. The number of hydrogen-bond donors (Lipinski definition) is 0. The first-order chi connectivity index (χ1) is 21.8. The smallest absolute Gasteiger partial charge is 0.318 e. The number of benzene rings is 2. The van der Waals surface area contributed by atoms with Crippen LogP contribution in [0.1, 0.15) is 30.5 Å². The summed E-state index contributed by atoms with van der Waals surface area (Å²) in [5.41, 5.74) is 2.97. The van der Waals surface area contributed by atoms with Gasteiger partial charge < -0.3 is 29.2 Å². The zero-order valence-corrected chi connectivity index (χ0v) is 26.5. The van der Waals surface area contributed by atoms with E-state index in [-0.39, 0.29) is 13.1 Å². The topological polar surface area (TPSA) is 69.4 Å². The summed E-state index contributed by atoms with van der Waals surface area (Å²) in [6.07, 6.45) is 4.62. The van der Waals surface area contributed by atoms with Gasteiger partial charge in [0, 0.05) is 55.9 Å². The minimum absolute atomic E-state index is 0.0646. The highest BCUT2D eigenvalue weighted by Gasteiger charge is 2.36. The molecule has 1 saturated heterocycles. The summed E-state index contributed by atoms with van der Waals surface area (Å²) in [4.78, 5) is 34.0. The molecular formula is C34H39ClFN7O2. The average Bonchev–Trinajstić information content (AvgIpc) is 3.02. The largest absolute Gasteiger partial charge is 0.462 e. The van der Waals surface area contributed by atoms with Crippen LogP contribution in [0.5, 0.6) is 6.01 Å². The predicted octanol–water partition coefficient (Wildman–Crippen LogP) is 5.38. The van der Waals surface area contributed by atoms with Crippen molar-refractivity contribution in [2.45, 2.75) is 38.3 Å². The Bertz CT molecular complexity index is 1620. The van der Waals surface area contributed by atoms with Crippen LogP contribution in [0.15, 0.2) is 48.8 Å². The first-order valence-electron chi connectivity index (χ1n) is 15.7. The number of aromatic nitrogens is 2. The number of halogens is 2. The number of ether oxygens (including phenoxy) is 1. The molecule has 0 N–H and O–H groups in total. The molecule has 1 amide bonds. The number of fused-ring (bicyclic) bond motifs is 2. The molecule has 0 bridgehead atoms. The van der Waals surface area contributed by atoms with Gasteiger partial charge in [0.1, 0.15) is 18.5 Å². The van der Waals surface area contributed by atoms with Crippen molar-refractivity contribution in [3.05, 3.63) is 76.5 Å². The molecule has 2 aromatic carbocycles. The molecule has 0 spiro atoms. The van der Waals surface area contributed by atoms with Gasteiger partial charge in [-0.2, -0.15) is 9.97 Å². The third-order valence-electron chi connectivity index (χ3n) is 9.27. The SMILES string of the molecule is [C-]#[N+]C[C@H]1CN(c2nc(OCCN(C)CC3CCC3)nc3c2CCN(c2cccc4cccc(Cl)c24)C3)CCN1C(=O)C(=C)F. The minimum atomic E-state index is -1.01. The number of carbonyl (C=O) groups is 1. The monoisotopic (exact) mass is 631 g/mol.